The van der Waals surface area contributed by atoms with Crippen LogP contribution in [0, 0.1) is 0 Å². The zero-order chi connectivity index (χ0) is 27.2. The fourth-order valence-electron chi connectivity index (χ4n) is 1.65. The highest BCUT2D eigenvalue weighted by Crippen LogP contribution is 1.92. The molecular formula is C26H56B4O6. The molecule has 0 fully saturated rings. The number of rotatable bonds is 12. The predicted octanol–water partition coefficient (Wildman–Crippen LogP) is 5.66. The van der Waals surface area contributed by atoms with Crippen LogP contribution in [0.15, 0.2) is 0 Å². The van der Waals surface area contributed by atoms with Crippen LogP contribution in [0.3, 0.4) is 0 Å². The molecule has 6 nitrogen and oxygen atoms in total. The first kappa shape index (κ1) is 55.0. The molecule has 208 valence electrons. The molecule has 6 radical (unpaired) electrons. The van der Waals surface area contributed by atoms with Crippen molar-refractivity contribution in [3.05, 3.63) is 0 Å². The first-order valence-electron chi connectivity index (χ1n) is 12.0. The van der Waals surface area contributed by atoms with E-state index in [1.807, 2.05) is 20.8 Å². The molecule has 0 aromatic rings. The summed E-state index contributed by atoms with van der Waals surface area (Å²) in [5.74, 6) is 0. The summed E-state index contributed by atoms with van der Waals surface area (Å²) in [6, 6.07) is 0. The van der Waals surface area contributed by atoms with Crippen LogP contribution in [-0.2, 0) is 28.8 Å². The SMILES string of the molecule is C.C.CC(=O)[B]C(C)=O.CCC.CCC.CCCC(=O)[B]C(=O)CCC.CCCC(=O)[B]C(C)=O.[2HH].[B]. The van der Waals surface area contributed by atoms with Crippen LogP contribution >= 0.6 is 0 Å². The molecule has 0 amide bonds. The number of carbonyl (C=O) groups excluding carboxylic acids is 6. The first-order valence-corrected chi connectivity index (χ1v) is 12.0. The van der Waals surface area contributed by atoms with Crippen LogP contribution in [-0.4, -0.2) is 64.3 Å². The van der Waals surface area contributed by atoms with Crippen LogP contribution in [0.5, 0.6) is 0 Å². The van der Waals surface area contributed by atoms with Gasteiger partial charge in [0, 0.05) is 9.84 Å². The normalized spacial score (nSPS) is 7.50. The molecule has 10 heteroatoms. The highest BCUT2D eigenvalue weighted by molar-refractivity contribution is 6.97. The minimum absolute atomic E-state index is 0. The Bertz CT molecular complexity index is 515. The minimum Gasteiger partial charge on any atom is -0.312 e. The quantitative estimate of drug-likeness (QED) is 0.315. The van der Waals surface area contributed by atoms with Crippen molar-refractivity contribution in [2.45, 2.75) is 135 Å². The van der Waals surface area contributed by atoms with Gasteiger partial charge in [-0.1, -0.05) is 95.4 Å². The van der Waals surface area contributed by atoms with E-state index >= 15 is 0 Å². The van der Waals surface area contributed by atoms with E-state index in [2.05, 4.69) is 27.7 Å². The monoisotopic (exact) mass is 509 g/mol. The van der Waals surface area contributed by atoms with Gasteiger partial charge in [-0.15, -0.1) is 0 Å². The van der Waals surface area contributed by atoms with Crippen LogP contribution < -0.4 is 0 Å². The lowest BCUT2D eigenvalue weighted by atomic mass is 9.66. The van der Waals surface area contributed by atoms with Crippen LogP contribution in [0.1, 0.15) is 137 Å². The second-order valence-electron chi connectivity index (χ2n) is 7.33. The molecule has 0 aliphatic rings. The number of carbonyl (C=O) groups is 6. The Balaban J connectivity index is -0.0000000395. The molecule has 36 heavy (non-hydrogen) atoms. The fourth-order valence-corrected chi connectivity index (χ4v) is 1.65. The summed E-state index contributed by atoms with van der Waals surface area (Å²) in [7, 11) is 3.43. The Morgan fingerprint density at radius 3 is 0.806 bits per heavy atom. The third-order valence-electron chi connectivity index (χ3n) is 2.58. The Morgan fingerprint density at radius 1 is 0.472 bits per heavy atom. The van der Waals surface area contributed by atoms with E-state index in [4.69, 9.17) is 0 Å². The van der Waals surface area contributed by atoms with E-state index in [1.165, 1.54) is 40.9 Å². The van der Waals surface area contributed by atoms with Gasteiger partial charge >= 0.3 is 0 Å². The number of hydrogen-bond donors (Lipinski definition) is 0. The van der Waals surface area contributed by atoms with Crippen molar-refractivity contribution in [1.82, 2.24) is 0 Å². The van der Waals surface area contributed by atoms with Gasteiger partial charge in [0.05, 0.1) is 34.1 Å². The van der Waals surface area contributed by atoms with Gasteiger partial charge in [0.15, 0.2) is 0 Å². The molecule has 0 saturated carbocycles. The van der Waals surface area contributed by atoms with Crippen molar-refractivity contribution >= 4 is 64.3 Å². The highest BCUT2D eigenvalue weighted by Gasteiger charge is 2.09. The minimum atomic E-state index is -0.187. The van der Waals surface area contributed by atoms with Crippen molar-refractivity contribution in [2.24, 2.45) is 0 Å². The largest absolute Gasteiger partial charge is 0.312 e. The first-order chi connectivity index (χ1) is 15.3. The van der Waals surface area contributed by atoms with Crippen molar-refractivity contribution in [2.75, 3.05) is 0 Å². The van der Waals surface area contributed by atoms with E-state index in [1.54, 1.807) is 0 Å². The van der Waals surface area contributed by atoms with Gasteiger partial charge in [-0.05, 0) is 40.0 Å². The van der Waals surface area contributed by atoms with Crippen LogP contribution in [0.4, 0.5) is 0 Å². The van der Waals surface area contributed by atoms with E-state index < -0.39 is 0 Å². The molecule has 0 spiro atoms. The van der Waals surface area contributed by atoms with Gasteiger partial charge < -0.3 is 28.8 Å². The van der Waals surface area contributed by atoms with Gasteiger partial charge in [-0.3, -0.25) is 0 Å². The second-order valence-corrected chi connectivity index (χ2v) is 7.33. The van der Waals surface area contributed by atoms with Gasteiger partial charge in [0.1, 0.15) is 0 Å². The zero-order valence-electron chi connectivity index (χ0n) is 23.4. The lowest BCUT2D eigenvalue weighted by Gasteiger charge is -1.94. The molecule has 0 aliphatic carbocycles. The Labute approximate surface area is 230 Å². The smallest absolute Gasteiger partial charge is 0.290 e. The highest BCUT2D eigenvalue weighted by atomic mass is 16.1. The summed E-state index contributed by atoms with van der Waals surface area (Å²) < 4.78 is 0. The maximum Gasteiger partial charge on any atom is 0.290 e. The van der Waals surface area contributed by atoms with E-state index in [0.29, 0.717) is 19.3 Å². The Morgan fingerprint density at radius 2 is 0.667 bits per heavy atom. The second kappa shape index (κ2) is 46.6. The van der Waals surface area contributed by atoms with Gasteiger partial charge in [0.25, 0.3) is 21.8 Å². The molecule has 0 rings (SSSR count). The standard InChI is InChI=1S/C8H14BO2.C6H10BO2.C4H6BO2.2C3H8.2CH4.B.H2/c1-3-5-7(10)9-8(11)6-4-2;1-3-4-6(9)7-5(2)8;1-3(6)5-4(2)7;2*1-3-2;;;;/h3-6H2,1-2H3;3-4H2,1-2H3;1-2H3;2*3H2,1-2H3;2*1H4;;1H/i;;;;;;;;1+1. The molecule has 0 bridgehead atoms. The van der Waals surface area contributed by atoms with Gasteiger partial charge in [0.2, 0.25) is 0 Å². The molecule has 0 aliphatic heterocycles. The third-order valence-corrected chi connectivity index (χ3v) is 2.58. The van der Waals surface area contributed by atoms with E-state index in [-0.39, 0.29) is 58.8 Å². The maximum absolute atomic E-state index is 10.9. The van der Waals surface area contributed by atoms with Crippen LogP contribution in [0.2, 0.25) is 0 Å². The number of hydrogen-bond acceptors (Lipinski definition) is 6. The summed E-state index contributed by atoms with van der Waals surface area (Å²) in [5, 5.41) is 0. The third kappa shape index (κ3) is 85.0. The molecule has 0 unspecified atom stereocenters. The molecule has 0 aromatic carbocycles. The van der Waals surface area contributed by atoms with Crippen molar-refractivity contribution in [1.29, 1.82) is 0 Å². The van der Waals surface area contributed by atoms with Crippen molar-refractivity contribution in [3.8, 4) is 0 Å². The molecule has 0 atom stereocenters. The molecule has 0 aromatic heterocycles. The Kier molecular flexibility index (Phi) is 71.2. The average molecular weight is 509 g/mol. The summed E-state index contributed by atoms with van der Waals surface area (Å²) in [5.41, 5.74) is -0.671. The van der Waals surface area contributed by atoms with E-state index in [9.17, 15) is 28.8 Å². The zero-order valence-corrected chi connectivity index (χ0v) is 23.4. The van der Waals surface area contributed by atoms with Gasteiger partial charge in [-0.2, -0.15) is 0 Å². The average Bonchev–Trinajstić information content (AvgIpc) is 2.62. The lowest BCUT2D eigenvalue weighted by molar-refractivity contribution is -0.116. The summed E-state index contributed by atoms with van der Waals surface area (Å²) in [6.07, 6.45) is 6.41. The van der Waals surface area contributed by atoms with Crippen LogP contribution in [0.25, 0.3) is 0 Å². The van der Waals surface area contributed by atoms with Gasteiger partial charge in [-0.25, -0.2) is 0 Å². The van der Waals surface area contributed by atoms with Crippen molar-refractivity contribution < 1.29 is 30.2 Å². The lowest BCUT2D eigenvalue weighted by Crippen LogP contribution is -2.19. The Hall–Kier alpha value is -1.72. The molecule has 0 N–H and O–H groups in total. The fraction of sp³-hybridized carbons (Fsp3) is 0.769. The van der Waals surface area contributed by atoms with Crippen molar-refractivity contribution in [3.63, 3.8) is 0 Å². The topological polar surface area (TPSA) is 102 Å². The summed E-state index contributed by atoms with van der Waals surface area (Å²) in [4.78, 5) is 62.5. The predicted molar refractivity (Wildman–Crippen MR) is 162 cm³/mol. The summed E-state index contributed by atoms with van der Waals surface area (Å²) >= 11 is 0. The van der Waals surface area contributed by atoms with E-state index in [0.717, 1.165) is 33.8 Å². The molecular weight excluding hydrogens is 452 g/mol. The maximum atomic E-state index is 10.9. The molecule has 0 saturated heterocycles. The summed E-state index contributed by atoms with van der Waals surface area (Å²) in [6.45, 7) is 18.3. The molecule has 0 heterocycles.